The van der Waals surface area contributed by atoms with Crippen LogP contribution in [0.5, 0.6) is 0 Å². The summed E-state index contributed by atoms with van der Waals surface area (Å²) in [5.74, 6) is 1.48. The molecule has 8 nitrogen and oxygen atoms in total. The van der Waals surface area contributed by atoms with Gasteiger partial charge in [0.2, 0.25) is 0 Å². The van der Waals surface area contributed by atoms with Crippen LogP contribution in [0.25, 0.3) is 16.9 Å². The number of Topliss-reactive ketones (excluding diaryl/α,β-unsaturated/α-hetero) is 1. The average molecular weight is 574 g/mol. The quantitative estimate of drug-likeness (QED) is 0.403. The number of nitriles is 1. The molecule has 7 rings (SSSR count). The number of ketones is 1. The summed E-state index contributed by atoms with van der Waals surface area (Å²) in [6, 6.07) is 13.4. The second kappa shape index (κ2) is 9.76. The number of anilines is 1. The summed E-state index contributed by atoms with van der Waals surface area (Å²) in [7, 11) is -2.97. The van der Waals surface area contributed by atoms with E-state index in [0.717, 1.165) is 54.6 Å². The van der Waals surface area contributed by atoms with E-state index in [1.165, 1.54) is 12.3 Å². The molecule has 0 amide bonds. The van der Waals surface area contributed by atoms with Crippen LogP contribution in [0.4, 0.5) is 10.1 Å². The van der Waals surface area contributed by atoms with Gasteiger partial charge in [-0.25, -0.2) is 22.5 Å². The Labute approximate surface area is 239 Å². The van der Waals surface area contributed by atoms with Crippen molar-refractivity contribution in [2.45, 2.75) is 44.4 Å². The van der Waals surface area contributed by atoms with Crippen molar-refractivity contribution in [3.63, 3.8) is 0 Å². The van der Waals surface area contributed by atoms with Crippen molar-refractivity contribution in [1.82, 2.24) is 14.8 Å². The standard InChI is InChI=1S/C31H32FN5O3S/c32-23-3-6-29(34-17-23)37-18-27(20-1-4-24(5-2-20)36-9-11-41(39,40)12-10-36)30(35-37)26-15-22-13-21(22)14-25(26)28(38)16-31(19-33)7-8-31/h1-6,17-18,21-22,25-26H,7-16H2/t21?,22?,25-,26-/m1/s1. The lowest BCUT2D eigenvalue weighted by molar-refractivity contribution is -0.125. The van der Waals surface area contributed by atoms with E-state index in [9.17, 15) is 22.9 Å². The van der Waals surface area contributed by atoms with E-state index < -0.39 is 21.1 Å². The first kappa shape index (κ1) is 26.3. The van der Waals surface area contributed by atoms with Crippen molar-refractivity contribution < 1.29 is 17.6 Å². The maximum atomic E-state index is 13.7. The Hall–Kier alpha value is -3.58. The van der Waals surface area contributed by atoms with Gasteiger partial charge >= 0.3 is 0 Å². The van der Waals surface area contributed by atoms with Crippen LogP contribution in [0.3, 0.4) is 0 Å². The van der Waals surface area contributed by atoms with Crippen molar-refractivity contribution in [3.8, 4) is 23.0 Å². The topological polar surface area (TPSA) is 109 Å². The molecule has 3 aromatic rings. The van der Waals surface area contributed by atoms with E-state index in [4.69, 9.17) is 5.10 Å². The molecule has 4 fully saturated rings. The third-order valence-electron chi connectivity index (χ3n) is 9.61. The molecule has 4 atom stereocenters. The first-order chi connectivity index (χ1) is 19.7. The van der Waals surface area contributed by atoms with Crippen LogP contribution in [0.15, 0.2) is 48.8 Å². The maximum Gasteiger partial charge on any atom is 0.153 e. The fourth-order valence-corrected chi connectivity index (χ4v) is 8.00. The highest BCUT2D eigenvalue weighted by atomic mass is 32.2. The molecule has 212 valence electrons. The summed E-state index contributed by atoms with van der Waals surface area (Å²) in [5, 5.41) is 14.6. The third kappa shape index (κ3) is 5.16. The van der Waals surface area contributed by atoms with E-state index in [1.54, 1.807) is 10.7 Å². The maximum absolute atomic E-state index is 13.7. The van der Waals surface area contributed by atoms with E-state index in [2.05, 4.69) is 16.0 Å². The largest absolute Gasteiger partial charge is 0.369 e. The van der Waals surface area contributed by atoms with E-state index in [0.29, 0.717) is 37.2 Å². The van der Waals surface area contributed by atoms with Crippen LogP contribution in [0.2, 0.25) is 0 Å². The molecule has 2 aromatic heterocycles. The highest BCUT2D eigenvalue weighted by Crippen LogP contribution is 2.58. The number of pyridine rings is 1. The van der Waals surface area contributed by atoms with E-state index >= 15 is 0 Å². The number of halogens is 1. The van der Waals surface area contributed by atoms with Crippen molar-refractivity contribution in [1.29, 1.82) is 5.26 Å². The molecule has 3 aliphatic carbocycles. The van der Waals surface area contributed by atoms with Crippen LogP contribution in [-0.2, 0) is 14.6 Å². The van der Waals surface area contributed by atoms with Crippen molar-refractivity contribution >= 4 is 21.3 Å². The molecule has 41 heavy (non-hydrogen) atoms. The lowest BCUT2D eigenvalue weighted by atomic mass is 9.72. The minimum atomic E-state index is -2.97. The first-order valence-electron chi connectivity index (χ1n) is 14.4. The van der Waals surface area contributed by atoms with Crippen LogP contribution in [0, 0.1) is 40.3 Å². The molecule has 3 saturated carbocycles. The van der Waals surface area contributed by atoms with Gasteiger partial charge in [-0.2, -0.15) is 10.4 Å². The van der Waals surface area contributed by atoms with Crippen molar-refractivity contribution in [2.75, 3.05) is 29.5 Å². The zero-order valence-electron chi connectivity index (χ0n) is 22.7. The SMILES string of the molecule is N#CC1(CC(=O)[C@@H]2CC3CC3C[C@H]2c2nn(-c3ccc(F)cn3)cc2-c2ccc(N3CCS(=O)(=O)CC3)cc2)CC1. The normalized spacial score (nSPS) is 27.5. The highest BCUT2D eigenvalue weighted by Gasteiger charge is 2.52. The van der Waals surface area contributed by atoms with Gasteiger partial charge in [0, 0.05) is 48.8 Å². The van der Waals surface area contributed by atoms with Crippen molar-refractivity contribution in [3.05, 3.63) is 60.3 Å². The molecular weight excluding hydrogens is 541 g/mol. The zero-order chi connectivity index (χ0) is 28.4. The predicted molar refractivity (Wildman–Crippen MR) is 152 cm³/mol. The van der Waals surface area contributed by atoms with Crippen LogP contribution in [0.1, 0.15) is 50.1 Å². The third-order valence-corrected chi connectivity index (χ3v) is 11.2. The molecular formula is C31H32FN5O3S. The molecule has 1 saturated heterocycles. The smallest absolute Gasteiger partial charge is 0.153 e. The number of fused-ring (bicyclic) bond motifs is 1. The number of carbonyl (C=O) groups excluding carboxylic acids is 1. The number of nitrogens with zero attached hydrogens (tertiary/aromatic N) is 5. The monoisotopic (exact) mass is 573 g/mol. The summed E-state index contributed by atoms with van der Waals surface area (Å²) in [6.07, 6.45) is 7.86. The van der Waals surface area contributed by atoms with E-state index in [-0.39, 0.29) is 29.1 Å². The van der Waals surface area contributed by atoms with E-state index in [1.807, 2.05) is 30.5 Å². The van der Waals surface area contributed by atoms with Gasteiger partial charge in [-0.05, 0) is 73.8 Å². The van der Waals surface area contributed by atoms with Crippen LogP contribution >= 0.6 is 0 Å². The summed E-state index contributed by atoms with van der Waals surface area (Å²) >= 11 is 0. The summed E-state index contributed by atoms with van der Waals surface area (Å²) in [5.41, 5.74) is 3.19. The van der Waals surface area contributed by atoms with Gasteiger partial charge in [-0.15, -0.1) is 0 Å². The Morgan fingerprint density at radius 2 is 1.78 bits per heavy atom. The van der Waals surface area contributed by atoms with Gasteiger partial charge in [0.25, 0.3) is 0 Å². The first-order valence-corrected chi connectivity index (χ1v) is 16.3. The van der Waals surface area contributed by atoms with Crippen molar-refractivity contribution in [2.24, 2.45) is 23.2 Å². The number of aromatic nitrogens is 3. The van der Waals surface area contributed by atoms with Gasteiger partial charge in [0.15, 0.2) is 15.7 Å². The van der Waals surface area contributed by atoms with Gasteiger partial charge < -0.3 is 4.90 Å². The molecule has 2 unspecified atom stereocenters. The Morgan fingerprint density at radius 1 is 1.05 bits per heavy atom. The Kier molecular flexibility index (Phi) is 6.27. The van der Waals surface area contributed by atoms with Crippen LogP contribution in [-0.4, -0.2) is 53.6 Å². The molecule has 10 heteroatoms. The molecule has 3 heterocycles. The fourth-order valence-electron chi connectivity index (χ4n) is 6.80. The van der Waals surface area contributed by atoms with Gasteiger partial charge in [0.1, 0.15) is 11.6 Å². The Bertz CT molecular complexity index is 1630. The summed E-state index contributed by atoms with van der Waals surface area (Å²) < 4.78 is 39.1. The minimum Gasteiger partial charge on any atom is -0.369 e. The van der Waals surface area contributed by atoms with Crippen LogP contribution < -0.4 is 4.90 Å². The minimum absolute atomic E-state index is 0.0654. The lowest BCUT2D eigenvalue weighted by Gasteiger charge is -2.30. The second-order valence-corrected chi connectivity index (χ2v) is 14.7. The Morgan fingerprint density at radius 3 is 2.44 bits per heavy atom. The molecule has 0 N–H and O–H groups in total. The predicted octanol–water partition coefficient (Wildman–Crippen LogP) is 4.70. The molecule has 1 aliphatic heterocycles. The lowest BCUT2D eigenvalue weighted by Crippen LogP contribution is -2.40. The summed E-state index contributed by atoms with van der Waals surface area (Å²) in [4.78, 5) is 20.0. The molecule has 0 radical (unpaired) electrons. The fraction of sp³-hybridized carbons (Fsp3) is 0.484. The van der Waals surface area contributed by atoms with Gasteiger partial charge in [-0.3, -0.25) is 4.79 Å². The average Bonchev–Trinajstić information content (AvgIpc) is 3.88. The molecule has 4 aliphatic rings. The highest BCUT2D eigenvalue weighted by molar-refractivity contribution is 7.91. The number of carbonyl (C=O) groups is 1. The number of benzene rings is 1. The summed E-state index contributed by atoms with van der Waals surface area (Å²) in [6.45, 7) is 0.944. The molecule has 1 aromatic carbocycles. The second-order valence-electron chi connectivity index (χ2n) is 12.4. The number of hydrogen-bond donors (Lipinski definition) is 0. The van der Waals surface area contributed by atoms with Gasteiger partial charge in [0.05, 0.1) is 34.9 Å². The number of sulfone groups is 1. The number of rotatable bonds is 7. The molecule has 0 bridgehead atoms. The molecule has 0 spiro atoms. The van der Waals surface area contributed by atoms with Gasteiger partial charge in [-0.1, -0.05) is 12.1 Å². The zero-order valence-corrected chi connectivity index (χ0v) is 23.6. The Balaban J connectivity index is 1.24. The number of hydrogen-bond acceptors (Lipinski definition) is 7.